The second-order valence-corrected chi connectivity index (χ2v) is 8.25. The number of nitrogens with one attached hydrogen (secondary N) is 1. The maximum Gasteiger partial charge on any atom is 0.248 e. The van der Waals surface area contributed by atoms with Crippen LogP contribution in [0.1, 0.15) is 12.0 Å². The highest BCUT2D eigenvalue weighted by Crippen LogP contribution is 2.31. The zero-order valence-corrected chi connectivity index (χ0v) is 19.8. The Morgan fingerprint density at radius 2 is 1.76 bits per heavy atom. The molecule has 0 saturated carbocycles. The van der Waals surface area contributed by atoms with E-state index in [4.69, 9.17) is 20.0 Å². The molecule has 2 amide bonds. The fourth-order valence-electron chi connectivity index (χ4n) is 3.81. The summed E-state index contributed by atoms with van der Waals surface area (Å²) in [7, 11) is 0. The lowest BCUT2D eigenvalue weighted by Gasteiger charge is -2.10. The molecule has 0 radical (unpaired) electrons. The largest absolute Gasteiger partial charge is 0.491 e. The van der Waals surface area contributed by atoms with E-state index in [1.807, 2.05) is 66.9 Å². The van der Waals surface area contributed by atoms with Gasteiger partial charge in [-0.25, -0.2) is 4.68 Å². The monoisotopic (exact) mass is 492 g/mol. The normalized spacial score (nSPS) is 11.1. The van der Waals surface area contributed by atoms with Crippen molar-refractivity contribution in [3.8, 4) is 22.9 Å². The van der Waals surface area contributed by atoms with Crippen molar-refractivity contribution in [3.63, 3.8) is 0 Å². The number of primary amides is 1. The van der Waals surface area contributed by atoms with Crippen molar-refractivity contribution in [1.29, 1.82) is 0 Å². The highest BCUT2D eigenvalue weighted by molar-refractivity contribution is 6.03. The van der Waals surface area contributed by atoms with Gasteiger partial charge in [-0.05, 0) is 42.5 Å². The standard InChI is InChI=1S/C29H24N4O4/c30-27(34)16-17-36-25-13-7-5-11-23(25)31-28(35)15-14-21-19-33(22-9-2-1-3-10-22)32-29(21)26-18-20-8-4-6-12-24(20)37-26/h1-15,18-19H,16-17H2,(H2,30,34)(H,31,35). The lowest BCUT2D eigenvalue weighted by molar-refractivity contribution is -0.118. The van der Waals surface area contributed by atoms with Crippen LogP contribution in [-0.2, 0) is 9.59 Å². The number of hydrogen-bond donors (Lipinski definition) is 2. The summed E-state index contributed by atoms with van der Waals surface area (Å²) in [6.07, 6.45) is 5.06. The van der Waals surface area contributed by atoms with Crippen LogP contribution in [0.3, 0.4) is 0 Å². The Kier molecular flexibility index (Phi) is 6.80. The highest BCUT2D eigenvalue weighted by atomic mass is 16.5. The van der Waals surface area contributed by atoms with Crippen LogP contribution in [0.2, 0.25) is 0 Å². The van der Waals surface area contributed by atoms with E-state index >= 15 is 0 Å². The molecule has 0 aliphatic heterocycles. The number of aromatic nitrogens is 2. The maximum absolute atomic E-state index is 12.8. The molecule has 0 spiro atoms. The minimum atomic E-state index is -0.458. The Morgan fingerprint density at radius 1 is 1.00 bits per heavy atom. The van der Waals surface area contributed by atoms with Gasteiger partial charge in [0.2, 0.25) is 11.8 Å². The van der Waals surface area contributed by atoms with Gasteiger partial charge in [0.1, 0.15) is 17.0 Å². The number of carbonyl (C=O) groups excluding carboxylic acids is 2. The maximum atomic E-state index is 12.8. The number of nitrogens with zero attached hydrogens (tertiary/aromatic N) is 2. The summed E-state index contributed by atoms with van der Waals surface area (Å²) in [6, 6.07) is 26.4. The number of hydrogen-bond acceptors (Lipinski definition) is 5. The average molecular weight is 493 g/mol. The first-order valence-electron chi connectivity index (χ1n) is 11.7. The van der Waals surface area contributed by atoms with Crippen molar-refractivity contribution in [2.24, 2.45) is 5.73 Å². The van der Waals surface area contributed by atoms with Gasteiger partial charge in [-0.15, -0.1) is 0 Å². The molecule has 0 fully saturated rings. The van der Waals surface area contributed by atoms with E-state index in [1.54, 1.807) is 35.0 Å². The summed E-state index contributed by atoms with van der Waals surface area (Å²) in [6.45, 7) is 0.123. The molecule has 2 aromatic heterocycles. The van der Waals surface area contributed by atoms with E-state index < -0.39 is 5.91 Å². The van der Waals surface area contributed by atoms with Crippen molar-refractivity contribution < 1.29 is 18.7 Å². The molecular formula is C29H24N4O4. The van der Waals surface area contributed by atoms with E-state index in [9.17, 15) is 9.59 Å². The molecule has 37 heavy (non-hydrogen) atoms. The predicted octanol–water partition coefficient (Wildman–Crippen LogP) is 5.19. The van der Waals surface area contributed by atoms with Crippen LogP contribution in [0.4, 0.5) is 5.69 Å². The molecule has 3 aromatic carbocycles. The van der Waals surface area contributed by atoms with Gasteiger partial charge < -0.3 is 20.2 Å². The molecule has 0 unspecified atom stereocenters. The van der Waals surface area contributed by atoms with Crippen LogP contribution >= 0.6 is 0 Å². The van der Waals surface area contributed by atoms with Crippen LogP contribution < -0.4 is 15.8 Å². The van der Waals surface area contributed by atoms with Gasteiger partial charge in [0, 0.05) is 23.2 Å². The third-order valence-electron chi connectivity index (χ3n) is 5.59. The zero-order valence-electron chi connectivity index (χ0n) is 19.8. The van der Waals surface area contributed by atoms with Crippen molar-refractivity contribution in [1.82, 2.24) is 9.78 Å². The van der Waals surface area contributed by atoms with E-state index in [2.05, 4.69) is 5.32 Å². The summed E-state index contributed by atoms with van der Waals surface area (Å²) in [5.74, 6) is 0.240. The van der Waals surface area contributed by atoms with E-state index in [1.165, 1.54) is 6.08 Å². The van der Waals surface area contributed by atoms with Gasteiger partial charge in [0.05, 0.1) is 24.4 Å². The van der Waals surface area contributed by atoms with Gasteiger partial charge in [-0.3, -0.25) is 9.59 Å². The zero-order chi connectivity index (χ0) is 25.6. The molecular weight excluding hydrogens is 468 g/mol. The van der Waals surface area contributed by atoms with Gasteiger partial charge in [0.15, 0.2) is 5.76 Å². The summed E-state index contributed by atoms with van der Waals surface area (Å²) in [5, 5.41) is 8.54. The topological polar surface area (TPSA) is 112 Å². The molecule has 8 nitrogen and oxygen atoms in total. The van der Waals surface area contributed by atoms with Crippen molar-refractivity contribution in [2.75, 3.05) is 11.9 Å². The molecule has 5 rings (SSSR count). The number of anilines is 1. The SMILES string of the molecule is NC(=O)CCOc1ccccc1NC(=O)C=Cc1cn(-c2ccccc2)nc1-c1cc2ccccc2o1. The third-order valence-corrected chi connectivity index (χ3v) is 5.59. The molecule has 184 valence electrons. The lowest BCUT2D eigenvalue weighted by Crippen LogP contribution is -2.15. The molecule has 5 aromatic rings. The number of furan rings is 1. The molecule has 8 heteroatoms. The number of nitrogens with two attached hydrogens (primary N) is 1. The van der Waals surface area contributed by atoms with E-state index in [-0.39, 0.29) is 18.9 Å². The average Bonchev–Trinajstić information content (AvgIpc) is 3.53. The molecule has 0 saturated heterocycles. The summed E-state index contributed by atoms with van der Waals surface area (Å²) < 4.78 is 13.4. The first-order chi connectivity index (χ1) is 18.1. The van der Waals surface area contributed by atoms with Crippen molar-refractivity contribution >= 4 is 34.5 Å². The number of ether oxygens (including phenoxy) is 1. The lowest BCUT2D eigenvalue weighted by atomic mass is 10.1. The van der Waals surface area contributed by atoms with Gasteiger partial charge in [-0.2, -0.15) is 5.10 Å². The summed E-state index contributed by atoms with van der Waals surface area (Å²) >= 11 is 0. The first kappa shape index (κ1) is 23.6. The van der Waals surface area contributed by atoms with Crippen LogP contribution in [0.25, 0.3) is 34.2 Å². The van der Waals surface area contributed by atoms with Crippen molar-refractivity contribution in [2.45, 2.75) is 6.42 Å². The molecule has 0 bridgehead atoms. The highest BCUT2D eigenvalue weighted by Gasteiger charge is 2.15. The predicted molar refractivity (Wildman–Crippen MR) is 142 cm³/mol. The fourth-order valence-corrected chi connectivity index (χ4v) is 3.81. The Bertz CT molecular complexity index is 1550. The van der Waals surface area contributed by atoms with Gasteiger partial charge in [-0.1, -0.05) is 48.5 Å². The molecule has 0 aliphatic carbocycles. The second kappa shape index (κ2) is 10.7. The summed E-state index contributed by atoms with van der Waals surface area (Å²) in [4.78, 5) is 23.8. The van der Waals surface area contributed by atoms with Gasteiger partial charge in [0.25, 0.3) is 0 Å². The van der Waals surface area contributed by atoms with Crippen LogP contribution in [0.5, 0.6) is 5.75 Å². The fraction of sp³-hybridized carbons (Fsp3) is 0.0690. The van der Waals surface area contributed by atoms with E-state index in [0.29, 0.717) is 28.5 Å². The third kappa shape index (κ3) is 5.59. The Balaban J connectivity index is 1.41. The van der Waals surface area contributed by atoms with Crippen LogP contribution in [0, 0.1) is 0 Å². The smallest absolute Gasteiger partial charge is 0.248 e. The number of benzene rings is 3. The quantitative estimate of drug-likeness (QED) is 0.275. The van der Waals surface area contributed by atoms with Crippen molar-refractivity contribution in [3.05, 3.63) is 103 Å². The molecule has 2 heterocycles. The summed E-state index contributed by atoms with van der Waals surface area (Å²) in [5.41, 5.74) is 8.62. The Hall–Kier alpha value is -5.11. The number of fused-ring (bicyclic) bond motifs is 1. The van der Waals surface area contributed by atoms with Crippen LogP contribution in [0.15, 0.2) is 102 Å². The molecule has 0 aliphatic rings. The molecule has 3 N–H and O–H groups in total. The first-order valence-corrected chi connectivity index (χ1v) is 11.7. The minimum absolute atomic E-state index is 0.0815. The number of amides is 2. The molecule has 0 atom stereocenters. The minimum Gasteiger partial charge on any atom is -0.491 e. The second-order valence-electron chi connectivity index (χ2n) is 8.25. The Morgan fingerprint density at radius 3 is 2.57 bits per heavy atom. The van der Waals surface area contributed by atoms with Crippen LogP contribution in [-0.4, -0.2) is 28.2 Å². The Labute approximate surface area is 213 Å². The van der Waals surface area contributed by atoms with Gasteiger partial charge >= 0.3 is 0 Å². The number of para-hydroxylation sites is 4. The van der Waals surface area contributed by atoms with E-state index in [0.717, 1.165) is 16.7 Å². The number of rotatable bonds is 9. The number of carbonyl (C=O) groups is 2.